The monoisotopic (exact) mass is 380 g/mol. The average Bonchev–Trinajstić information content (AvgIpc) is 3.06. The Labute approximate surface area is 157 Å². The fraction of sp³-hybridized carbons (Fsp3) is 0.158. The summed E-state index contributed by atoms with van der Waals surface area (Å²) in [6, 6.07) is 12.7. The maximum absolute atomic E-state index is 12.5. The zero-order valence-corrected chi connectivity index (χ0v) is 15.3. The zero-order valence-electron chi connectivity index (χ0n) is 14.5. The van der Waals surface area contributed by atoms with Crippen LogP contribution in [0.1, 0.15) is 12.5 Å². The van der Waals surface area contributed by atoms with Gasteiger partial charge >= 0.3 is 5.69 Å². The van der Waals surface area contributed by atoms with E-state index in [0.29, 0.717) is 16.0 Å². The summed E-state index contributed by atoms with van der Waals surface area (Å²) in [5.74, 6) is -0.385. The SMILES string of the molecule is CCc1ccc2nc(NC(=O)Cn3c(=O)[nH]c(=O)c4ccccc43)sc2c1. The largest absolute Gasteiger partial charge is 0.329 e. The molecular formula is C19H16N4O3S. The molecule has 0 saturated carbocycles. The van der Waals surface area contributed by atoms with Crippen LogP contribution >= 0.6 is 11.3 Å². The number of fused-ring (bicyclic) bond motifs is 2. The lowest BCUT2D eigenvalue weighted by molar-refractivity contribution is -0.116. The van der Waals surface area contributed by atoms with Crippen LogP contribution in [0.15, 0.2) is 52.1 Å². The van der Waals surface area contributed by atoms with Gasteiger partial charge in [0.2, 0.25) is 5.91 Å². The summed E-state index contributed by atoms with van der Waals surface area (Å²) in [6.07, 6.45) is 0.928. The van der Waals surface area contributed by atoms with Gasteiger partial charge in [-0.05, 0) is 36.2 Å². The third-order valence-electron chi connectivity index (χ3n) is 4.31. The molecule has 2 heterocycles. The fourth-order valence-corrected chi connectivity index (χ4v) is 3.89. The molecule has 2 N–H and O–H groups in total. The minimum atomic E-state index is -0.620. The molecule has 0 radical (unpaired) electrons. The van der Waals surface area contributed by atoms with Gasteiger partial charge in [0.15, 0.2) is 5.13 Å². The van der Waals surface area contributed by atoms with Crippen LogP contribution in [0.5, 0.6) is 0 Å². The van der Waals surface area contributed by atoms with Crippen LogP contribution in [-0.4, -0.2) is 20.4 Å². The lowest BCUT2D eigenvalue weighted by Gasteiger charge is -2.08. The Morgan fingerprint density at radius 2 is 2.04 bits per heavy atom. The molecule has 8 heteroatoms. The number of amides is 1. The van der Waals surface area contributed by atoms with Crippen LogP contribution in [0.4, 0.5) is 5.13 Å². The number of anilines is 1. The number of aryl methyl sites for hydroxylation is 1. The molecule has 0 aliphatic rings. The van der Waals surface area contributed by atoms with E-state index >= 15 is 0 Å². The van der Waals surface area contributed by atoms with Crippen molar-refractivity contribution in [2.45, 2.75) is 19.9 Å². The van der Waals surface area contributed by atoms with Gasteiger partial charge in [0, 0.05) is 0 Å². The van der Waals surface area contributed by atoms with Crippen molar-refractivity contribution in [3.05, 3.63) is 68.9 Å². The summed E-state index contributed by atoms with van der Waals surface area (Å²) in [6.45, 7) is 1.86. The summed E-state index contributed by atoms with van der Waals surface area (Å²) in [5, 5.41) is 3.58. The smallest absolute Gasteiger partial charge is 0.300 e. The van der Waals surface area contributed by atoms with Crippen molar-refractivity contribution in [1.29, 1.82) is 0 Å². The Balaban J connectivity index is 1.63. The molecule has 0 aliphatic carbocycles. The van der Waals surface area contributed by atoms with Crippen LogP contribution in [0.3, 0.4) is 0 Å². The van der Waals surface area contributed by atoms with E-state index in [-0.39, 0.29) is 12.5 Å². The maximum Gasteiger partial charge on any atom is 0.329 e. The van der Waals surface area contributed by atoms with Gasteiger partial charge < -0.3 is 5.32 Å². The fourth-order valence-electron chi connectivity index (χ4n) is 2.94. The number of hydrogen-bond acceptors (Lipinski definition) is 5. The third kappa shape index (κ3) is 3.26. The Morgan fingerprint density at radius 1 is 1.22 bits per heavy atom. The average molecular weight is 380 g/mol. The van der Waals surface area contributed by atoms with Gasteiger partial charge in [-0.25, -0.2) is 9.78 Å². The summed E-state index contributed by atoms with van der Waals surface area (Å²) >= 11 is 1.39. The van der Waals surface area contributed by atoms with E-state index in [4.69, 9.17) is 0 Å². The number of nitrogens with zero attached hydrogens (tertiary/aromatic N) is 2. The van der Waals surface area contributed by atoms with Gasteiger partial charge in [0.05, 0.1) is 21.1 Å². The zero-order chi connectivity index (χ0) is 19.0. The number of thiazole rings is 1. The normalized spacial score (nSPS) is 11.1. The predicted octanol–water partition coefficient (Wildman–Crippen LogP) is 2.50. The number of aromatic amines is 1. The van der Waals surface area contributed by atoms with Crippen molar-refractivity contribution in [3.8, 4) is 0 Å². The Morgan fingerprint density at radius 3 is 2.85 bits per heavy atom. The van der Waals surface area contributed by atoms with Crippen molar-refractivity contribution >= 4 is 43.5 Å². The Hall–Kier alpha value is -3.26. The minimum absolute atomic E-state index is 0.216. The molecule has 4 aromatic rings. The number of benzene rings is 2. The molecule has 4 rings (SSSR count). The molecule has 0 fully saturated rings. The lowest BCUT2D eigenvalue weighted by atomic mass is 10.2. The van der Waals surface area contributed by atoms with Crippen molar-refractivity contribution in [3.63, 3.8) is 0 Å². The van der Waals surface area contributed by atoms with Crippen LogP contribution in [-0.2, 0) is 17.8 Å². The van der Waals surface area contributed by atoms with Crippen molar-refractivity contribution in [2.75, 3.05) is 5.32 Å². The summed E-state index contributed by atoms with van der Waals surface area (Å²) in [7, 11) is 0. The number of carbonyl (C=O) groups is 1. The van der Waals surface area contributed by atoms with Crippen LogP contribution in [0, 0.1) is 0 Å². The lowest BCUT2D eigenvalue weighted by Crippen LogP contribution is -2.33. The molecule has 7 nitrogen and oxygen atoms in total. The summed E-state index contributed by atoms with van der Waals surface area (Å²) < 4.78 is 2.24. The van der Waals surface area contributed by atoms with Gasteiger partial charge in [-0.3, -0.25) is 19.1 Å². The molecule has 0 saturated heterocycles. The molecular weight excluding hydrogens is 364 g/mol. The van der Waals surface area contributed by atoms with Gasteiger partial charge in [0.1, 0.15) is 6.54 Å². The van der Waals surface area contributed by atoms with E-state index in [0.717, 1.165) is 16.6 Å². The first-order valence-electron chi connectivity index (χ1n) is 8.46. The highest BCUT2D eigenvalue weighted by atomic mass is 32.1. The van der Waals surface area contributed by atoms with E-state index in [1.54, 1.807) is 24.3 Å². The molecule has 0 aliphatic heterocycles. The van der Waals surface area contributed by atoms with E-state index in [9.17, 15) is 14.4 Å². The summed E-state index contributed by atoms with van der Waals surface area (Å²) in [5.41, 5.74) is 1.35. The predicted molar refractivity (Wildman–Crippen MR) is 106 cm³/mol. The van der Waals surface area contributed by atoms with Crippen molar-refractivity contribution in [1.82, 2.24) is 14.5 Å². The van der Waals surface area contributed by atoms with Crippen LogP contribution in [0.2, 0.25) is 0 Å². The van der Waals surface area contributed by atoms with E-state index in [1.807, 2.05) is 12.1 Å². The molecule has 2 aromatic carbocycles. The second-order valence-corrected chi connectivity index (χ2v) is 7.12. The number of H-pyrrole nitrogens is 1. The third-order valence-corrected chi connectivity index (χ3v) is 5.25. The molecule has 0 spiro atoms. The topological polar surface area (TPSA) is 96.8 Å². The van der Waals surface area contributed by atoms with Gasteiger partial charge in [0.25, 0.3) is 5.56 Å². The first-order valence-corrected chi connectivity index (χ1v) is 9.28. The molecule has 0 unspecified atom stereocenters. The van der Waals surface area contributed by atoms with E-state index in [1.165, 1.54) is 21.5 Å². The number of carbonyl (C=O) groups excluding carboxylic acids is 1. The van der Waals surface area contributed by atoms with Crippen molar-refractivity contribution in [2.24, 2.45) is 0 Å². The first kappa shape index (κ1) is 17.2. The number of nitrogens with one attached hydrogen (secondary N) is 2. The highest BCUT2D eigenvalue weighted by Crippen LogP contribution is 2.27. The second kappa shape index (κ2) is 6.81. The highest BCUT2D eigenvalue weighted by molar-refractivity contribution is 7.22. The molecule has 1 amide bonds. The Bertz CT molecular complexity index is 1290. The molecule has 0 bridgehead atoms. The number of aromatic nitrogens is 3. The molecule has 136 valence electrons. The van der Waals surface area contributed by atoms with Crippen LogP contribution in [0.25, 0.3) is 21.1 Å². The highest BCUT2D eigenvalue weighted by Gasteiger charge is 2.13. The molecule has 2 aromatic heterocycles. The van der Waals surface area contributed by atoms with Gasteiger partial charge in [-0.2, -0.15) is 0 Å². The molecule has 27 heavy (non-hydrogen) atoms. The summed E-state index contributed by atoms with van der Waals surface area (Å²) in [4.78, 5) is 43.2. The second-order valence-electron chi connectivity index (χ2n) is 6.09. The number of hydrogen-bond donors (Lipinski definition) is 2. The van der Waals surface area contributed by atoms with E-state index in [2.05, 4.69) is 28.3 Å². The quantitative estimate of drug-likeness (QED) is 0.568. The van der Waals surface area contributed by atoms with Crippen molar-refractivity contribution < 1.29 is 4.79 Å². The molecule has 0 atom stereocenters. The van der Waals surface area contributed by atoms with Crippen LogP contribution < -0.4 is 16.6 Å². The maximum atomic E-state index is 12.5. The Kier molecular flexibility index (Phi) is 4.33. The number of rotatable bonds is 4. The van der Waals surface area contributed by atoms with Gasteiger partial charge in [-0.15, -0.1) is 0 Å². The first-order chi connectivity index (χ1) is 13.0. The van der Waals surface area contributed by atoms with Gasteiger partial charge in [-0.1, -0.05) is 36.5 Å². The minimum Gasteiger partial charge on any atom is -0.300 e. The number of para-hydroxylation sites is 1. The standard InChI is InChI=1S/C19H16N4O3S/c1-2-11-7-8-13-15(9-11)27-18(20-13)21-16(24)10-23-14-6-4-3-5-12(14)17(25)22-19(23)26/h3-9H,2,10H2,1H3,(H,20,21,24)(H,22,25,26). The van der Waals surface area contributed by atoms with E-state index < -0.39 is 11.2 Å².